The summed E-state index contributed by atoms with van der Waals surface area (Å²) in [5.41, 5.74) is 4.56. The van der Waals surface area contributed by atoms with Crippen molar-refractivity contribution in [2.45, 2.75) is 63.4 Å². The Balaban J connectivity index is 1.43. The second-order valence-electron chi connectivity index (χ2n) is 8.89. The van der Waals surface area contributed by atoms with Crippen molar-refractivity contribution in [1.29, 1.82) is 0 Å². The molecule has 0 radical (unpaired) electrons. The van der Waals surface area contributed by atoms with Crippen LogP contribution in [0.15, 0.2) is 18.2 Å². The lowest BCUT2D eigenvalue weighted by atomic mass is 9.54. The summed E-state index contributed by atoms with van der Waals surface area (Å²) in [5.74, 6) is 1.68. The molecule has 3 aliphatic carbocycles. The van der Waals surface area contributed by atoms with E-state index < -0.39 is 0 Å². The van der Waals surface area contributed by atoms with Gasteiger partial charge in [0, 0.05) is 11.8 Å². The lowest BCUT2D eigenvalue weighted by Gasteiger charge is -2.52. The fourth-order valence-electron chi connectivity index (χ4n) is 6.85. The molecule has 0 amide bonds. The van der Waals surface area contributed by atoms with Crippen molar-refractivity contribution in [3.05, 3.63) is 34.9 Å². The van der Waals surface area contributed by atoms with Crippen LogP contribution in [0.25, 0.3) is 0 Å². The van der Waals surface area contributed by atoms with Crippen LogP contribution in [0.5, 0.6) is 0 Å². The maximum atomic E-state index is 6.25. The number of aryl methyl sites for hydroxylation is 1. The van der Waals surface area contributed by atoms with E-state index in [1.54, 1.807) is 5.56 Å². The highest BCUT2D eigenvalue weighted by Gasteiger charge is 2.69. The quantitative estimate of drug-likeness (QED) is 0.673. The van der Waals surface area contributed by atoms with E-state index in [2.05, 4.69) is 32.0 Å². The second kappa shape index (κ2) is 4.44. The lowest BCUT2D eigenvalue weighted by Crippen LogP contribution is -2.52. The van der Waals surface area contributed by atoms with Crippen LogP contribution in [0.4, 0.5) is 0 Å². The largest absolute Gasteiger partial charge is 0.364 e. The molecule has 0 N–H and O–H groups in total. The number of hydrogen-bond donors (Lipinski definition) is 0. The first-order valence-electron chi connectivity index (χ1n) is 9.67. The first kappa shape index (κ1) is 14.3. The molecule has 4 fully saturated rings. The number of benzene rings is 1. The molecule has 6 rings (SSSR count). The molecule has 1 spiro atoms. The van der Waals surface area contributed by atoms with Gasteiger partial charge >= 0.3 is 0 Å². The molecule has 5 aliphatic rings. The second-order valence-corrected chi connectivity index (χ2v) is 8.89. The van der Waals surface area contributed by atoms with Crippen molar-refractivity contribution in [3.8, 4) is 0 Å². The zero-order valence-electron chi connectivity index (χ0n) is 14.6. The van der Waals surface area contributed by atoms with Crippen molar-refractivity contribution < 1.29 is 14.2 Å². The van der Waals surface area contributed by atoms with Gasteiger partial charge in [-0.2, -0.15) is 0 Å². The minimum absolute atomic E-state index is 0.156. The summed E-state index contributed by atoms with van der Waals surface area (Å²) in [4.78, 5) is 0. The Labute approximate surface area is 143 Å². The molecule has 1 aromatic carbocycles. The summed E-state index contributed by atoms with van der Waals surface area (Å²) < 4.78 is 18.7. The molecular formula is C21H26O3. The van der Waals surface area contributed by atoms with Gasteiger partial charge in [-0.05, 0) is 55.1 Å². The highest BCUT2D eigenvalue weighted by Crippen LogP contribution is 2.70. The van der Waals surface area contributed by atoms with Gasteiger partial charge in [-0.15, -0.1) is 0 Å². The Morgan fingerprint density at radius 2 is 1.88 bits per heavy atom. The van der Waals surface area contributed by atoms with E-state index in [1.807, 2.05) is 0 Å². The third-order valence-electron chi connectivity index (χ3n) is 7.98. The average molecular weight is 326 g/mol. The Bertz CT molecular complexity index is 707. The van der Waals surface area contributed by atoms with E-state index in [1.165, 1.54) is 30.4 Å². The number of ether oxygens (including phenoxy) is 3. The summed E-state index contributed by atoms with van der Waals surface area (Å²) in [6, 6.07) is 7.03. The molecule has 1 aromatic rings. The van der Waals surface area contributed by atoms with Crippen LogP contribution >= 0.6 is 0 Å². The third-order valence-corrected chi connectivity index (χ3v) is 7.98. The smallest absolute Gasteiger partial charge is 0.174 e. The predicted molar refractivity (Wildman–Crippen MR) is 89.7 cm³/mol. The van der Waals surface area contributed by atoms with Crippen LogP contribution in [0, 0.1) is 24.2 Å². The minimum atomic E-state index is -0.305. The standard InChI is InChI=1S/C21H26O3/c1-12-3-4-13-14-5-7-20(2)16(6-8-21(20)22-9-10-23-21)17(14)19-18(24-19)15(13)11-12/h3-4,11,14,16-19H,5-10H2,1-2H3/t14?,16?,17?,18?,19?,20-/m0/s1. The van der Waals surface area contributed by atoms with Crippen LogP contribution < -0.4 is 0 Å². The first-order valence-corrected chi connectivity index (χ1v) is 9.67. The van der Waals surface area contributed by atoms with Gasteiger partial charge in [0.2, 0.25) is 0 Å². The van der Waals surface area contributed by atoms with Gasteiger partial charge in [0.15, 0.2) is 5.79 Å². The van der Waals surface area contributed by atoms with Crippen LogP contribution in [-0.2, 0) is 14.2 Å². The number of fused-ring (bicyclic) bond motifs is 9. The van der Waals surface area contributed by atoms with E-state index >= 15 is 0 Å². The Morgan fingerprint density at radius 1 is 1.04 bits per heavy atom. The van der Waals surface area contributed by atoms with Gasteiger partial charge in [0.25, 0.3) is 0 Å². The van der Waals surface area contributed by atoms with Gasteiger partial charge in [0.1, 0.15) is 6.10 Å². The maximum Gasteiger partial charge on any atom is 0.174 e. The Hall–Kier alpha value is -0.900. The highest BCUT2D eigenvalue weighted by molar-refractivity contribution is 5.43. The van der Waals surface area contributed by atoms with Crippen molar-refractivity contribution in [3.63, 3.8) is 0 Å². The number of epoxide rings is 1. The van der Waals surface area contributed by atoms with Crippen molar-refractivity contribution in [2.24, 2.45) is 17.3 Å². The number of rotatable bonds is 0. The molecule has 2 saturated carbocycles. The Morgan fingerprint density at radius 3 is 2.71 bits per heavy atom. The average Bonchev–Trinajstić information content (AvgIpc) is 3.14. The molecule has 2 saturated heterocycles. The molecule has 128 valence electrons. The van der Waals surface area contributed by atoms with Crippen molar-refractivity contribution >= 4 is 0 Å². The minimum Gasteiger partial charge on any atom is -0.364 e. The summed E-state index contributed by atoms with van der Waals surface area (Å²) in [7, 11) is 0. The molecule has 3 nitrogen and oxygen atoms in total. The number of hydrogen-bond acceptors (Lipinski definition) is 3. The molecular weight excluding hydrogens is 300 g/mol. The van der Waals surface area contributed by atoms with Gasteiger partial charge in [-0.25, -0.2) is 0 Å². The molecule has 0 aromatic heterocycles. The molecule has 3 heteroatoms. The summed E-state index contributed by atoms with van der Waals surface area (Å²) in [5, 5.41) is 0. The molecule has 5 unspecified atom stereocenters. The van der Waals surface area contributed by atoms with Crippen LogP contribution in [0.2, 0.25) is 0 Å². The molecule has 2 aliphatic heterocycles. The summed E-state index contributed by atoms with van der Waals surface area (Å²) >= 11 is 0. The van der Waals surface area contributed by atoms with Gasteiger partial charge in [0.05, 0.1) is 19.3 Å². The van der Waals surface area contributed by atoms with Crippen molar-refractivity contribution in [1.82, 2.24) is 0 Å². The van der Waals surface area contributed by atoms with Gasteiger partial charge in [-0.1, -0.05) is 30.7 Å². The summed E-state index contributed by atoms with van der Waals surface area (Å²) in [6.45, 7) is 6.16. The van der Waals surface area contributed by atoms with Crippen LogP contribution in [-0.4, -0.2) is 25.1 Å². The zero-order valence-corrected chi connectivity index (χ0v) is 14.6. The topological polar surface area (TPSA) is 31.0 Å². The van der Waals surface area contributed by atoms with E-state index in [9.17, 15) is 0 Å². The first-order chi connectivity index (χ1) is 11.6. The van der Waals surface area contributed by atoms with Gasteiger partial charge in [-0.3, -0.25) is 0 Å². The third kappa shape index (κ3) is 1.55. The molecule has 2 heterocycles. The fourth-order valence-corrected chi connectivity index (χ4v) is 6.85. The Kier molecular flexibility index (Phi) is 2.64. The molecule has 24 heavy (non-hydrogen) atoms. The predicted octanol–water partition coefficient (Wildman–Crippen LogP) is 4.10. The van der Waals surface area contributed by atoms with Gasteiger partial charge < -0.3 is 14.2 Å². The fraction of sp³-hybridized carbons (Fsp3) is 0.714. The van der Waals surface area contributed by atoms with Crippen LogP contribution in [0.3, 0.4) is 0 Å². The maximum absolute atomic E-state index is 6.25. The highest BCUT2D eigenvalue weighted by atomic mass is 16.7. The normalized spacial score (nSPS) is 47.0. The SMILES string of the molecule is Cc1ccc2c(c1)C1OC1C1C2CC[C@@]2(C)C1CCC21OCCO1. The van der Waals surface area contributed by atoms with E-state index in [0.29, 0.717) is 30.0 Å². The monoisotopic (exact) mass is 326 g/mol. The van der Waals surface area contributed by atoms with E-state index in [0.717, 1.165) is 19.6 Å². The molecule has 6 atom stereocenters. The summed E-state index contributed by atoms with van der Waals surface area (Å²) in [6.07, 6.45) is 5.54. The van der Waals surface area contributed by atoms with Crippen LogP contribution in [0.1, 0.15) is 61.3 Å². The molecule has 0 bridgehead atoms. The van der Waals surface area contributed by atoms with E-state index in [-0.39, 0.29) is 11.2 Å². The lowest BCUT2D eigenvalue weighted by molar-refractivity contribution is -0.237. The zero-order chi connectivity index (χ0) is 16.1. The van der Waals surface area contributed by atoms with Crippen molar-refractivity contribution in [2.75, 3.05) is 13.2 Å². The van der Waals surface area contributed by atoms with E-state index in [4.69, 9.17) is 14.2 Å².